The van der Waals surface area contributed by atoms with E-state index in [1.165, 1.54) is 0 Å². The van der Waals surface area contributed by atoms with E-state index in [0.717, 1.165) is 22.4 Å². The van der Waals surface area contributed by atoms with Gasteiger partial charge in [-0.1, -0.05) is 56.3 Å². The molecule has 2 heterocycles. The van der Waals surface area contributed by atoms with E-state index < -0.39 is 6.23 Å². The van der Waals surface area contributed by atoms with Crippen LogP contribution in [0.4, 0.5) is 5.69 Å². The van der Waals surface area contributed by atoms with E-state index in [9.17, 15) is 19.5 Å². The average molecular weight is 591 g/mol. The average Bonchev–Trinajstić information content (AvgIpc) is 3.42. The number of amides is 2. The Balaban J connectivity index is 1.48. The van der Waals surface area contributed by atoms with Crippen molar-refractivity contribution in [2.75, 3.05) is 31.3 Å². The standard InChI is InChI=1S/C33H42N4O6/c1-22(2)28(38)15-17-42-18-16-34-29(39)13-14-30(40)36-19-24-9-5-6-10-25(24)33-32(26-11-7-8-12-27(26)36)35-21-37(33)31(41)20-43-23(3)4/h5-12,21-23,31,41H,13-20H2,1-4H3,(H,34,39). The van der Waals surface area contributed by atoms with Crippen molar-refractivity contribution < 1.29 is 29.0 Å². The molecule has 1 aliphatic heterocycles. The number of imidazole rings is 1. The molecule has 1 unspecified atom stereocenters. The fraction of sp³-hybridized carbons (Fsp3) is 0.455. The van der Waals surface area contributed by atoms with Crippen molar-refractivity contribution in [2.45, 2.75) is 65.8 Å². The molecule has 0 saturated heterocycles. The summed E-state index contributed by atoms with van der Waals surface area (Å²) in [5.74, 6) is -0.296. The Bertz CT molecular complexity index is 1420. The maximum Gasteiger partial charge on any atom is 0.227 e. The maximum absolute atomic E-state index is 13.7. The normalized spacial score (nSPS) is 13.1. The van der Waals surface area contributed by atoms with Crippen molar-refractivity contribution in [2.24, 2.45) is 5.92 Å². The first-order valence-corrected chi connectivity index (χ1v) is 14.9. The highest BCUT2D eigenvalue weighted by Gasteiger charge is 2.29. The van der Waals surface area contributed by atoms with Crippen LogP contribution in [0.25, 0.3) is 22.5 Å². The van der Waals surface area contributed by atoms with Crippen molar-refractivity contribution in [3.8, 4) is 22.5 Å². The number of hydrogen-bond acceptors (Lipinski definition) is 7. The summed E-state index contributed by atoms with van der Waals surface area (Å²) in [5, 5.41) is 13.8. The van der Waals surface area contributed by atoms with E-state index in [-0.39, 0.29) is 49.1 Å². The van der Waals surface area contributed by atoms with E-state index in [0.29, 0.717) is 44.1 Å². The number of aromatic nitrogens is 2. The first-order chi connectivity index (χ1) is 20.7. The lowest BCUT2D eigenvalue weighted by Crippen LogP contribution is -2.34. The Labute approximate surface area is 253 Å². The van der Waals surface area contributed by atoms with Crippen LogP contribution >= 0.6 is 0 Å². The summed E-state index contributed by atoms with van der Waals surface area (Å²) < 4.78 is 12.9. The van der Waals surface area contributed by atoms with Gasteiger partial charge in [0.25, 0.3) is 0 Å². The van der Waals surface area contributed by atoms with Gasteiger partial charge in [0.1, 0.15) is 5.78 Å². The number of Topliss-reactive ketones (excluding diaryl/α,β-unsaturated/α-hetero) is 1. The van der Waals surface area contributed by atoms with Gasteiger partial charge in [-0.3, -0.25) is 14.4 Å². The second-order valence-corrected chi connectivity index (χ2v) is 11.2. The molecule has 2 N–H and O–H groups in total. The molecule has 0 bridgehead atoms. The van der Waals surface area contributed by atoms with Gasteiger partial charge < -0.3 is 29.4 Å². The Kier molecular flexibility index (Phi) is 11.2. The molecule has 1 aromatic heterocycles. The van der Waals surface area contributed by atoms with Crippen LogP contribution in [0.2, 0.25) is 0 Å². The number of nitrogens with zero attached hydrogens (tertiary/aromatic N) is 3. The molecule has 230 valence electrons. The van der Waals surface area contributed by atoms with Crippen LogP contribution in [-0.4, -0.2) is 64.7 Å². The number of fused-ring (bicyclic) bond motifs is 5. The lowest BCUT2D eigenvalue weighted by molar-refractivity contribution is -0.125. The minimum absolute atomic E-state index is 0.0169. The van der Waals surface area contributed by atoms with E-state index in [1.807, 2.05) is 76.2 Å². The van der Waals surface area contributed by atoms with Crippen molar-refractivity contribution in [1.82, 2.24) is 14.9 Å². The number of nitrogens with one attached hydrogen (secondary N) is 1. The number of ether oxygens (including phenoxy) is 2. The van der Waals surface area contributed by atoms with Crippen LogP contribution in [-0.2, 0) is 30.4 Å². The summed E-state index contributed by atoms with van der Waals surface area (Å²) in [5.41, 5.74) is 4.60. The molecule has 3 aromatic rings. The molecule has 4 rings (SSSR count). The third-order valence-corrected chi connectivity index (χ3v) is 7.32. The van der Waals surface area contributed by atoms with E-state index in [4.69, 9.17) is 14.5 Å². The second kappa shape index (κ2) is 15.0. The molecule has 43 heavy (non-hydrogen) atoms. The molecular formula is C33H42N4O6. The monoisotopic (exact) mass is 590 g/mol. The molecule has 0 saturated carbocycles. The van der Waals surface area contributed by atoms with E-state index >= 15 is 0 Å². The van der Waals surface area contributed by atoms with Gasteiger partial charge in [0, 0.05) is 42.9 Å². The number of carbonyl (C=O) groups is 3. The largest absolute Gasteiger partial charge is 0.379 e. The minimum atomic E-state index is -0.942. The molecule has 0 spiro atoms. The van der Waals surface area contributed by atoms with Crippen molar-refractivity contribution in [1.29, 1.82) is 0 Å². The zero-order valence-electron chi connectivity index (χ0n) is 25.4. The number of ketones is 1. The van der Waals surface area contributed by atoms with E-state index in [1.54, 1.807) is 15.8 Å². The van der Waals surface area contributed by atoms with Crippen molar-refractivity contribution in [3.05, 3.63) is 60.4 Å². The molecule has 1 aliphatic rings. The molecule has 10 nitrogen and oxygen atoms in total. The molecule has 2 aromatic carbocycles. The zero-order valence-corrected chi connectivity index (χ0v) is 25.4. The molecule has 0 fully saturated rings. The molecule has 10 heteroatoms. The highest BCUT2D eigenvalue weighted by molar-refractivity contribution is 6.01. The molecule has 0 radical (unpaired) electrons. The number of benzene rings is 2. The minimum Gasteiger partial charge on any atom is -0.379 e. The highest BCUT2D eigenvalue weighted by Crippen LogP contribution is 2.42. The lowest BCUT2D eigenvalue weighted by atomic mass is 9.95. The second-order valence-electron chi connectivity index (χ2n) is 11.2. The number of para-hydroxylation sites is 1. The number of anilines is 1. The van der Waals surface area contributed by atoms with Crippen LogP contribution < -0.4 is 10.2 Å². The van der Waals surface area contributed by atoms with E-state index in [2.05, 4.69) is 5.32 Å². The highest BCUT2D eigenvalue weighted by atomic mass is 16.5. The number of rotatable bonds is 14. The molecule has 1 atom stereocenters. The Morgan fingerprint density at radius 1 is 0.953 bits per heavy atom. The third-order valence-electron chi connectivity index (χ3n) is 7.32. The number of hydrogen-bond donors (Lipinski definition) is 2. The van der Waals surface area contributed by atoms with Gasteiger partial charge in [-0.15, -0.1) is 0 Å². The van der Waals surface area contributed by atoms with Crippen LogP contribution in [0.3, 0.4) is 0 Å². The van der Waals surface area contributed by atoms with Gasteiger partial charge in [-0.2, -0.15) is 0 Å². The summed E-state index contributed by atoms with van der Waals surface area (Å²) in [6.45, 7) is 8.89. The van der Waals surface area contributed by atoms with Crippen LogP contribution in [0.5, 0.6) is 0 Å². The summed E-state index contributed by atoms with van der Waals surface area (Å²) >= 11 is 0. The maximum atomic E-state index is 13.7. The third kappa shape index (κ3) is 8.16. The molecule has 2 amide bonds. The molecular weight excluding hydrogens is 548 g/mol. The van der Waals surface area contributed by atoms with Crippen LogP contribution in [0, 0.1) is 5.92 Å². The van der Waals surface area contributed by atoms with Gasteiger partial charge >= 0.3 is 0 Å². The number of aliphatic hydroxyl groups is 1. The quantitative estimate of drug-likeness (QED) is 0.265. The number of carbonyl (C=O) groups excluding carboxylic acids is 3. The first-order valence-electron chi connectivity index (χ1n) is 14.9. The van der Waals surface area contributed by atoms with Crippen LogP contribution in [0.15, 0.2) is 54.9 Å². The summed E-state index contributed by atoms with van der Waals surface area (Å²) in [4.78, 5) is 44.3. The predicted octanol–water partition coefficient (Wildman–Crippen LogP) is 4.51. The Morgan fingerprint density at radius 2 is 1.67 bits per heavy atom. The topological polar surface area (TPSA) is 123 Å². The Hall–Kier alpha value is -3.86. The van der Waals surface area contributed by atoms with Crippen LogP contribution in [0.1, 0.15) is 58.7 Å². The first kappa shape index (κ1) is 32.1. The smallest absolute Gasteiger partial charge is 0.227 e. The van der Waals surface area contributed by atoms with Gasteiger partial charge in [-0.25, -0.2) is 4.98 Å². The van der Waals surface area contributed by atoms with Gasteiger partial charge in [0.15, 0.2) is 6.23 Å². The van der Waals surface area contributed by atoms with Gasteiger partial charge in [0.2, 0.25) is 11.8 Å². The predicted molar refractivity (Wildman–Crippen MR) is 164 cm³/mol. The Morgan fingerprint density at radius 3 is 2.42 bits per heavy atom. The van der Waals surface area contributed by atoms with Gasteiger partial charge in [-0.05, 0) is 25.5 Å². The van der Waals surface area contributed by atoms with Crippen molar-refractivity contribution in [3.63, 3.8) is 0 Å². The SMILES string of the molecule is CC(C)OCC(O)n1cnc2c1-c1ccccc1CN(C(=O)CCC(=O)NCCOCCC(=O)C(C)C)c1ccccc1-2. The summed E-state index contributed by atoms with van der Waals surface area (Å²) in [6.07, 6.45) is 1.05. The zero-order chi connectivity index (χ0) is 30.9. The fourth-order valence-electron chi connectivity index (χ4n) is 4.96. The molecule has 0 aliphatic carbocycles. The fourth-order valence-corrected chi connectivity index (χ4v) is 4.96. The number of aliphatic hydroxyl groups excluding tert-OH is 1. The summed E-state index contributed by atoms with van der Waals surface area (Å²) in [7, 11) is 0. The van der Waals surface area contributed by atoms with Gasteiger partial charge in [0.05, 0.1) is 55.9 Å². The lowest BCUT2D eigenvalue weighted by Gasteiger charge is -2.29. The summed E-state index contributed by atoms with van der Waals surface area (Å²) in [6, 6.07) is 15.3. The van der Waals surface area contributed by atoms with Crippen molar-refractivity contribution >= 4 is 23.3 Å².